The molecule has 1 aromatic carbocycles. The second-order valence-corrected chi connectivity index (χ2v) is 8.71. The van der Waals surface area contributed by atoms with E-state index in [0.29, 0.717) is 62.8 Å². The van der Waals surface area contributed by atoms with E-state index in [-0.39, 0.29) is 17.8 Å². The standard InChI is InChI=1S/C23H28ClN3O4S/c1-2-31-23(30)21(17-5-7-19(24)8-6-17)27-13-11-26(12-14-27)20(28)4-3-10-25-22(29)18-9-15-32-16-18/h5-9,15-16,21H,2-4,10-14H2,1H3,(H,25,29). The van der Waals surface area contributed by atoms with Crippen molar-refractivity contribution < 1.29 is 19.1 Å². The van der Waals surface area contributed by atoms with Crippen LogP contribution in [-0.2, 0) is 14.3 Å². The van der Waals surface area contributed by atoms with Crippen LogP contribution in [0.4, 0.5) is 0 Å². The van der Waals surface area contributed by atoms with Gasteiger partial charge in [-0.2, -0.15) is 11.3 Å². The number of halogens is 1. The fourth-order valence-corrected chi connectivity index (χ4v) is 4.45. The molecule has 9 heteroatoms. The number of rotatable bonds is 9. The minimum atomic E-state index is -0.517. The molecule has 1 unspecified atom stereocenters. The second kappa shape index (κ2) is 12.0. The van der Waals surface area contributed by atoms with E-state index in [1.54, 1.807) is 30.5 Å². The molecule has 0 radical (unpaired) electrons. The van der Waals surface area contributed by atoms with Gasteiger partial charge in [-0.25, -0.2) is 4.79 Å². The Morgan fingerprint density at radius 3 is 2.47 bits per heavy atom. The summed E-state index contributed by atoms with van der Waals surface area (Å²) in [6, 6.07) is 8.47. The first-order valence-corrected chi connectivity index (χ1v) is 12.1. The van der Waals surface area contributed by atoms with Gasteiger partial charge >= 0.3 is 5.97 Å². The van der Waals surface area contributed by atoms with E-state index in [9.17, 15) is 14.4 Å². The van der Waals surface area contributed by atoms with E-state index in [1.807, 2.05) is 27.3 Å². The second-order valence-electron chi connectivity index (χ2n) is 7.49. The number of esters is 1. The van der Waals surface area contributed by atoms with Crippen LogP contribution in [0.25, 0.3) is 0 Å². The third kappa shape index (κ3) is 6.54. The quantitative estimate of drug-likeness (QED) is 0.442. The highest BCUT2D eigenvalue weighted by atomic mass is 35.5. The first-order chi connectivity index (χ1) is 15.5. The Hall–Kier alpha value is -2.42. The van der Waals surface area contributed by atoms with Crippen molar-refractivity contribution in [1.29, 1.82) is 0 Å². The SMILES string of the molecule is CCOC(=O)C(c1ccc(Cl)cc1)N1CCN(C(=O)CCCNC(=O)c2ccsc2)CC1. The van der Waals surface area contributed by atoms with Crippen LogP contribution in [0, 0.1) is 0 Å². The summed E-state index contributed by atoms with van der Waals surface area (Å²) in [6.07, 6.45) is 0.966. The van der Waals surface area contributed by atoms with Gasteiger partial charge in [-0.05, 0) is 42.5 Å². The summed E-state index contributed by atoms with van der Waals surface area (Å²) in [7, 11) is 0. The highest BCUT2D eigenvalue weighted by Gasteiger charge is 2.32. The third-order valence-electron chi connectivity index (χ3n) is 5.36. The van der Waals surface area contributed by atoms with Gasteiger partial charge < -0.3 is 15.0 Å². The van der Waals surface area contributed by atoms with E-state index in [1.165, 1.54) is 11.3 Å². The fraction of sp³-hybridized carbons (Fsp3) is 0.435. The topological polar surface area (TPSA) is 79.0 Å². The van der Waals surface area contributed by atoms with Crippen molar-refractivity contribution in [3.05, 3.63) is 57.2 Å². The number of thiophene rings is 1. The molecule has 3 rings (SSSR count). The van der Waals surface area contributed by atoms with Crippen LogP contribution in [0.15, 0.2) is 41.1 Å². The Bertz CT molecular complexity index is 896. The number of hydrogen-bond donors (Lipinski definition) is 1. The molecule has 0 spiro atoms. The molecule has 2 amide bonds. The molecule has 1 atom stereocenters. The Morgan fingerprint density at radius 2 is 1.84 bits per heavy atom. The largest absolute Gasteiger partial charge is 0.465 e. The number of piperazine rings is 1. The Balaban J connectivity index is 1.47. The zero-order valence-corrected chi connectivity index (χ0v) is 19.7. The zero-order chi connectivity index (χ0) is 22.9. The van der Waals surface area contributed by atoms with Gasteiger partial charge in [0.25, 0.3) is 5.91 Å². The van der Waals surface area contributed by atoms with Gasteiger partial charge in [-0.15, -0.1) is 0 Å². The molecule has 2 aromatic rings. The van der Waals surface area contributed by atoms with Gasteiger partial charge in [0.1, 0.15) is 6.04 Å². The number of carbonyl (C=O) groups excluding carboxylic acids is 3. The molecule has 1 N–H and O–H groups in total. The number of nitrogens with one attached hydrogen (secondary N) is 1. The lowest BCUT2D eigenvalue weighted by molar-refractivity contribution is -0.151. The van der Waals surface area contributed by atoms with Crippen molar-refractivity contribution in [3.8, 4) is 0 Å². The number of benzene rings is 1. The van der Waals surface area contributed by atoms with E-state index in [0.717, 1.165) is 5.56 Å². The van der Waals surface area contributed by atoms with Crippen molar-refractivity contribution >= 4 is 40.7 Å². The molecule has 0 aliphatic carbocycles. The molecule has 0 saturated carbocycles. The highest BCUT2D eigenvalue weighted by Crippen LogP contribution is 2.25. The van der Waals surface area contributed by atoms with Crippen LogP contribution in [0.3, 0.4) is 0 Å². The lowest BCUT2D eigenvalue weighted by atomic mass is 10.0. The summed E-state index contributed by atoms with van der Waals surface area (Å²) < 4.78 is 5.30. The predicted molar refractivity (Wildman–Crippen MR) is 125 cm³/mol. The molecule has 172 valence electrons. The summed E-state index contributed by atoms with van der Waals surface area (Å²) >= 11 is 7.47. The molecule has 7 nitrogen and oxygen atoms in total. The van der Waals surface area contributed by atoms with Crippen LogP contribution in [0.1, 0.15) is 41.7 Å². The minimum absolute atomic E-state index is 0.0635. The molecular weight excluding hydrogens is 450 g/mol. The van der Waals surface area contributed by atoms with Crippen molar-refractivity contribution in [1.82, 2.24) is 15.1 Å². The van der Waals surface area contributed by atoms with E-state index in [2.05, 4.69) is 5.32 Å². The monoisotopic (exact) mass is 477 g/mol. The molecule has 1 aliphatic rings. The lowest BCUT2D eigenvalue weighted by Gasteiger charge is -2.38. The summed E-state index contributed by atoms with van der Waals surface area (Å²) in [5.41, 5.74) is 1.48. The van der Waals surface area contributed by atoms with Gasteiger partial charge in [-0.1, -0.05) is 23.7 Å². The van der Waals surface area contributed by atoms with Crippen LogP contribution >= 0.6 is 22.9 Å². The molecule has 32 heavy (non-hydrogen) atoms. The minimum Gasteiger partial charge on any atom is -0.465 e. The number of nitrogens with zero attached hydrogens (tertiary/aromatic N) is 2. The zero-order valence-electron chi connectivity index (χ0n) is 18.1. The molecular formula is C23H28ClN3O4S. The summed E-state index contributed by atoms with van der Waals surface area (Å²) in [5, 5.41) is 7.11. The van der Waals surface area contributed by atoms with Crippen LogP contribution in [0.5, 0.6) is 0 Å². The van der Waals surface area contributed by atoms with Crippen LogP contribution < -0.4 is 5.32 Å². The summed E-state index contributed by atoms with van der Waals surface area (Å²) in [6.45, 7) is 4.80. The van der Waals surface area contributed by atoms with Gasteiger partial charge in [0, 0.05) is 55.1 Å². The summed E-state index contributed by atoms with van der Waals surface area (Å²) in [4.78, 5) is 41.0. The van der Waals surface area contributed by atoms with Crippen molar-refractivity contribution in [2.45, 2.75) is 25.8 Å². The van der Waals surface area contributed by atoms with Crippen molar-refractivity contribution in [3.63, 3.8) is 0 Å². The maximum Gasteiger partial charge on any atom is 0.328 e. The smallest absolute Gasteiger partial charge is 0.328 e. The first-order valence-electron chi connectivity index (χ1n) is 10.7. The predicted octanol–water partition coefficient (Wildman–Crippen LogP) is 3.36. The van der Waals surface area contributed by atoms with Gasteiger partial charge in [-0.3, -0.25) is 14.5 Å². The molecule has 1 aliphatic heterocycles. The number of ether oxygens (including phenoxy) is 1. The van der Waals surface area contributed by atoms with Gasteiger partial charge in [0.2, 0.25) is 5.91 Å². The molecule has 0 bridgehead atoms. The highest BCUT2D eigenvalue weighted by molar-refractivity contribution is 7.08. The van der Waals surface area contributed by atoms with Crippen molar-refractivity contribution in [2.24, 2.45) is 0 Å². The molecule has 1 fully saturated rings. The Morgan fingerprint density at radius 1 is 1.12 bits per heavy atom. The molecule has 2 heterocycles. The molecule has 1 saturated heterocycles. The normalized spacial score (nSPS) is 15.2. The fourth-order valence-electron chi connectivity index (χ4n) is 3.69. The van der Waals surface area contributed by atoms with Gasteiger partial charge in [0.15, 0.2) is 0 Å². The Kier molecular flexibility index (Phi) is 9.08. The van der Waals surface area contributed by atoms with Crippen molar-refractivity contribution in [2.75, 3.05) is 39.3 Å². The van der Waals surface area contributed by atoms with Gasteiger partial charge in [0.05, 0.1) is 6.61 Å². The lowest BCUT2D eigenvalue weighted by Crippen LogP contribution is -2.51. The Labute approximate surface area is 197 Å². The maximum absolute atomic E-state index is 12.6. The number of amides is 2. The summed E-state index contributed by atoms with van der Waals surface area (Å²) in [5.74, 6) is -0.343. The number of hydrogen-bond acceptors (Lipinski definition) is 6. The van der Waals surface area contributed by atoms with Crippen LogP contribution in [0.2, 0.25) is 5.02 Å². The van der Waals surface area contributed by atoms with E-state index < -0.39 is 6.04 Å². The molecule has 1 aromatic heterocycles. The average molecular weight is 478 g/mol. The average Bonchev–Trinajstić information content (AvgIpc) is 3.34. The first kappa shape index (κ1) is 24.2. The third-order valence-corrected chi connectivity index (χ3v) is 6.30. The van der Waals surface area contributed by atoms with E-state index in [4.69, 9.17) is 16.3 Å². The maximum atomic E-state index is 12.6. The van der Waals surface area contributed by atoms with Crippen LogP contribution in [-0.4, -0.2) is 66.9 Å². The number of carbonyl (C=O) groups is 3. The van der Waals surface area contributed by atoms with E-state index >= 15 is 0 Å².